The molecule has 0 atom stereocenters. The summed E-state index contributed by atoms with van der Waals surface area (Å²) in [6, 6.07) is 13.1. The molecule has 2 N–H and O–H groups in total. The van der Waals surface area contributed by atoms with Gasteiger partial charge in [0.2, 0.25) is 0 Å². The maximum absolute atomic E-state index is 11.8. The van der Waals surface area contributed by atoms with E-state index in [1.807, 2.05) is 25.1 Å². The van der Waals surface area contributed by atoms with Crippen LogP contribution in [0.5, 0.6) is 5.75 Å². The standard InChI is InChI=1S/C17H17NO4/c1-2-12-5-3-4-6-15(12)18-16(20)11-22-17(21)13-7-9-14(19)10-8-13/h3-10,19H,2,11H2,1H3,(H,18,20). The number of para-hydroxylation sites is 1. The predicted octanol–water partition coefficient (Wildman–Crippen LogP) is 2.75. The maximum atomic E-state index is 11.8. The first-order valence-electron chi connectivity index (χ1n) is 6.94. The van der Waals surface area contributed by atoms with Crippen molar-refractivity contribution in [3.8, 4) is 5.75 Å². The predicted molar refractivity (Wildman–Crippen MR) is 82.8 cm³/mol. The Labute approximate surface area is 128 Å². The van der Waals surface area contributed by atoms with Gasteiger partial charge in [-0.3, -0.25) is 4.79 Å². The lowest BCUT2D eigenvalue weighted by molar-refractivity contribution is -0.119. The van der Waals surface area contributed by atoms with E-state index in [2.05, 4.69) is 5.32 Å². The molecule has 0 bridgehead atoms. The molecule has 1 amide bonds. The molecule has 0 unspecified atom stereocenters. The van der Waals surface area contributed by atoms with Gasteiger partial charge in [0.25, 0.3) is 5.91 Å². The molecule has 0 aliphatic carbocycles. The molecular weight excluding hydrogens is 282 g/mol. The van der Waals surface area contributed by atoms with Gasteiger partial charge in [-0.1, -0.05) is 25.1 Å². The summed E-state index contributed by atoms with van der Waals surface area (Å²) in [5.41, 5.74) is 2.01. The Bertz CT molecular complexity index is 665. The lowest BCUT2D eigenvalue weighted by Crippen LogP contribution is -2.21. The normalized spacial score (nSPS) is 10.0. The van der Waals surface area contributed by atoms with Gasteiger partial charge in [-0.25, -0.2) is 4.79 Å². The SMILES string of the molecule is CCc1ccccc1NC(=O)COC(=O)c1ccc(O)cc1. The van der Waals surface area contributed by atoms with Crippen LogP contribution in [0.2, 0.25) is 0 Å². The van der Waals surface area contributed by atoms with E-state index in [1.165, 1.54) is 24.3 Å². The molecule has 0 spiro atoms. The molecule has 5 heteroatoms. The topological polar surface area (TPSA) is 75.6 Å². The van der Waals surface area contributed by atoms with Gasteiger partial charge >= 0.3 is 5.97 Å². The summed E-state index contributed by atoms with van der Waals surface area (Å²) in [4.78, 5) is 23.6. The van der Waals surface area contributed by atoms with Gasteiger partial charge in [-0.2, -0.15) is 0 Å². The fraction of sp³-hybridized carbons (Fsp3) is 0.176. The zero-order valence-electron chi connectivity index (χ0n) is 12.2. The van der Waals surface area contributed by atoms with E-state index in [1.54, 1.807) is 6.07 Å². The van der Waals surface area contributed by atoms with Gasteiger partial charge in [0.1, 0.15) is 5.75 Å². The lowest BCUT2D eigenvalue weighted by atomic mass is 10.1. The van der Waals surface area contributed by atoms with Crippen molar-refractivity contribution in [3.05, 3.63) is 59.7 Å². The van der Waals surface area contributed by atoms with Crippen LogP contribution in [0.25, 0.3) is 0 Å². The largest absolute Gasteiger partial charge is 0.508 e. The second kappa shape index (κ2) is 7.26. The highest BCUT2D eigenvalue weighted by atomic mass is 16.5. The summed E-state index contributed by atoms with van der Waals surface area (Å²) in [6.07, 6.45) is 0.795. The van der Waals surface area contributed by atoms with Crippen molar-refractivity contribution >= 4 is 17.6 Å². The minimum atomic E-state index is -0.612. The number of carbonyl (C=O) groups excluding carboxylic acids is 2. The molecule has 0 aliphatic rings. The van der Waals surface area contributed by atoms with Crippen molar-refractivity contribution in [2.24, 2.45) is 0 Å². The number of anilines is 1. The van der Waals surface area contributed by atoms with E-state index in [0.717, 1.165) is 17.7 Å². The van der Waals surface area contributed by atoms with Gasteiger partial charge in [-0.05, 0) is 42.3 Å². The maximum Gasteiger partial charge on any atom is 0.338 e. The highest BCUT2D eigenvalue weighted by Crippen LogP contribution is 2.15. The quantitative estimate of drug-likeness (QED) is 0.832. The molecule has 22 heavy (non-hydrogen) atoms. The van der Waals surface area contributed by atoms with Crippen LogP contribution >= 0.6 is 0 Å². The van der Waals surface area contributed by atoms with Crippen molar-refractivity contribution in [2.45, 2.75) is 13.3 Å². The molecule has 5 nitrogen and oxygen atoms in total. The van der Waals surface area contributed by atoms with Crippen molar-refractivity contribution in [1.29, 1.82) is 0 Å². The number of hydrogen-bond donors (Lipinski definition) is 2. The summed E-state index contributed by atoms with van der Waals surface area (Å²) >= 11 is 0. The Balaban J connectivity index is 1.90. The van der Waals surface area contributed by atoms with Crippen LogP contribution in [0.4, 0.5) is 5.69 Å². The number of ether oxygens (including phenoxy) is 1. The average molecular weight is 299 g/mol. The van der Waals surface area contributed by atoms with Gasteiger partial charge < -0.3 is 15.2 Å². The molecule has 0 aliphatic heterocycles. The van der Waals surface area contributed by atoms with Crippen molar-refractivity contribution in [2.75, 3.05) is 11.9 Å². The Hall–Kier alpha value is -2.82. The number of hydrogen-bond acceptors (Lipinski definition) is 4. The second-order valence-corrected chi connectivity index (χ2v) is 4.68. The van der Waals surface area contributed by atoms with Gasteiger partial charge in [0.05, 0.1) is 5.56 Å². The number of carbonyl (C=O) groups is 2. The van der Waals surface area contributed by atoms with E-state index in [4.69, 9.17) is 9.84 Å². The molecule has 0 saturated carbocycles. The summed E-state index contributed by atoms with van der Waals surface area (Å²) in [5.74, 6) is -0.947. The molecule has 0 aromatic heterocycles. The number of nitrogens with one attached hydrogen (secondary N) is 1. The fourth-order valence-corrected chi connectivity index (χ4v) is 1.95. The number of phenolic OH excluding ortho intramolecular Hbond substituents is 1. The molecular formula is C17H17NO4. The first-order valence-corrected chi connectivity index (χ1v) is 6.94. The molecule has 0 radical (unpaired) electrons. The molecule has 2 rings (SSSR count). The van der Waals surface area contributed by atoms with Crippen molar-refractivity contribution in [3.63, 3.8) is 0 Å². The van der Waals surface area contributed by atoms with Crippen LogP contribution in [-0.4, -0.2) is 23.6 Å². The van der Waals surface area contributed by atoms with E-state index in [-0.39, 0.29) is 17.9 Å². The molecule has 0 heterocycles. The smallest absolute Gasteiger partial charge is 0.338 e. The van der Waals surface area contributed by atoms with Gasteiger partial charge in [0, 0.05) is 5.69 Å². The van der Waals surface area contributed by atoms with Gasteiger partial charge in [-0.15, -0.1) is 0 Å². The number of aryl methyl sites for hydroxylation is 1. The Morgan fingerprint density at radius 3 is 2.45 bits per heavy atom. The highest BCUT2D eigenvalue weighted by Gasteiger charge is 2.11. The Morgan fingerprint density at radius 2 is 1.77 bits per heavy atom. The number of benzene rings is 2. The Kier molecular flexibility index (Phi) is 5.14. The first kappa shape index (κ1) is 15.6. The zero-order chi connectivity index (χ0) is 15.9. The molecule has 2 aromatic rings. The van der Waals surface area contributed by atoms with Gasteiger partial charge in [0.15, 0.2) is 6.61 Å². The summed E-state index contributed by atoms with van der Waals surface area (Å²) in [6.45, 7) is 1.63. The van der Waals surface area contributed by atoms with E-state index in [9.17, 15) is 9.59 Å². The number of amides is 1. The van der Waals surface area contributed by atoms with Crippen LogP contribution in [-0.2, 0) is 16.0 Å². The van der Waals surface area contributed by atoms with Crippen molar-refractivity contribution in [1.82, 2.24) is 0 Å². The highest BCUT2D eigenvalue weighted by molar-refractivity contribution is 5.95. The van der Waals surface area contributed by atoms with Crippen molar-refractivity contribution < 1.29 is 19.4 Å². The third-order valence-electron chi connectivity index (χ3n) is 3.11. The van der Waals surface area contributed by atoms with Crippen LogP contribution < -0.4 is 5.32 Å². The summed E-state index contributed by atoms with van der Waals surface area (Å²) < 4.78 is 4.94. The number of aromatic hydroxyl groups is 1. The average Bonchev–Trinajstić information content (AvgIpc) is 2.54. The van der Waals surface area contributed by atoms with E-state index < -0.39 is 11.9 Å². The minimum absolute atomic E-state index is 0.0606. The third-order valence-corrected chi connectivity index (χ3v) is 3.11. The summed E-state index contributed by atoms with van der Waals surface area (Å²) in [5, 5.41) is 11.9. The number of esters is 1. The third kappa shape index (κ3) is 4.09. The monoisotopic (exact) mass is 299 g/mol. The number of rotatable bonds is 5. The van der Waals surface area contributed by atoms with Crippen LogP contribution in [0.3, 0.4) is 0 Å². The van der Waals surface area contributed by atoms with Crippen LogP contribution in [0, 0.1) is 0 Å². The number of phenols is 1. The van der Waals surface area contributed by atoms with Crippen LogP contribution in [0.15, 0.2) is 48.5 Å². The van der Waals surface area contributed by atoms with E-state index in [0.29, 0.717) is 0 Å². The fourth-order valence-electron chi connectivity index (χ4n) is 1.95. The molecule has 0 fully saturated rings. The van der Waals surface area contributed by atoms with Crippen LogP contribution in [0.1, 0.15) is 22.8 Å². The molecule has 2 aromatic carbocycles. The van der Waals surface area contributed by atoms with E-state index >= 15 is 0 Å². The molecule has 0 saturated heterocycles. The second-order valence-electron chi connectivity index (χ2n) is 4.68. The molecule has 114 valence electrons. The Morgan fingerprint density at radius 1 is 1.09 bits per heavy atom. The lowest BCUT2D eigenvalue weighted by Gasteiger charge is -2.10. The summed E-state index contributed by atoms with van der Waals surface area (Å²) in [7, 11) is 0. The first-order chi connectivity index (χ1) is 10.6. The zero-order valence-corrected chi connectivity index (χ0v) is 12.2. The minimum Gasteiger partial charge on any atom is -0.508 e.